The van der Waals surface area contributed by atoms with Gasteiger partial charge in [-0.2, -0.15) is 0 Å². The fourth-order valence-electron chi connectivity index (χ4n) is 2.72. The summed E-state index contributed by atoms with van der Waals surface area (Å²) in [6.07, 6.45) is 0. The maximum atomic E-state index is 12.5. The highest BCUT2D eigenvalue weighted by Gasteiger charge is 2.17. The first-order valence-corrected chi connectivity index (χ1v) is 8.30. The minimum Gasteiger partial charge on any atom is -0.497 e. The number of nitrogens with one attached hydrogen (secondary N) is 1. The van der Waals surface area contributed by atoms with E-state index < -0.39 is 0 Å². The Bertz CT molecular complexity index is 746. The molecule has 6 nitrogen and oxygen atoms in total. The van der Waals surface area contributed by atoms with E-state index in [1.165, 1.54) is 0 Å². The Balaban J connectivity index is 2.12. The lowest BCUT2D eigenvalue weighted by Crippen LogP contribution is -2.34. The number of hydrogen-bond acceptors (Lipinski definition) is 5. The van der Waals surface area contributed by atoms with Crippen LogP contribution < -0.4 is 19.5 Å². The van der Waals surface area contributed by atoms with E-state index in [4.69, 9.17) is 14.2 Å². The average Bonchev–Trinajstić information content (AvgIpc) is 2.67. The summed E-state index contributed by atoms with van der Waals surface area (Å²) >= 11 is 0. The van der Waals surface area contributed by atoms with Crippen LogP contribution >= 0.6 is 0 Å². The smallest absolute Gasteiger partial charge is 0.251 e. The minimum absolute atomic E-state index is 0.0224. The molecule has 0 saturated heterocycles. The van der Waals surface area contributed by atoms with Crippen LogP contribution in [0.1, 0.15) is 22.0 Å². The van der Waals surface area contributed by atoms with Crippen molar-refractivity contribution in [3.05, 3.63) is 53.6 Å². The minimum atomic E-state index is -0.166. The SMILES string of the molecule is COc1cccc(C(CNC(=O)c2ccc(OC)c(OC)c2)N(C)C)c1. The van der Waals surface area contributed by atoms with Gasteiger partial charge in [-0.15, -0.1) is 0 Å². The van der Waals surface area contributed by atoms with Crippen molar-refractivity contribution in [3.8, 4) is 17.2 Å². The van der Waals surface area contributed by atoms with E-state index in [0.717, 1.165) is 11.3 Å². The number of likely N-dealkylation sites (N-methyl/N-ethyl adjacent to an activating group) is 1. The molecule has 2 rings (SSSR count). The maximum Gasteiger partial charge on any atom is 0.251 e. The molecule has 26 heavy (non-hydrogen) atoms. The van der Waals surface area contributed by atoms with Gasteiger partial charge in [0.25, 0.3) is 5.91 Å². The molecule has 1 atom stereocenters. The molecule has 2 aromatic carbocycles. The van der Waals surface area contributed by atoms with Gasteiger partial charge in [-0.1, -0.05) is 12.1 Å². The second-order valence-electron chi connectivity index (χ2n) is 6.04. The monoisotopic (exact) mass is 358 g/mol. The average molecular weight is 358 g/mol. The molecule has 2 aromatic rings. The van der Waals surface area contributed by atoms with E-state index in [0.29, 0.717) is 23.6 Å². The Morgan fingerprint density at radius 1 is 1.00 bits per heavy atom. The Hall–Kier alpha value is -2.73. The van der Waals surface area contributed by atoms with E-state index in [1.807, 2.05) is 38.4 Å². The van der Waals surface area contributed by atoms with Gasteiger partial charge in [0.1, 0.15) is 5.75 Å². The van der Waals surface area contributed by atoms with Crippen molar-refractivity contribution in [1.82, 2.24) is 10.2 Å². The molecule has 0 saturated carbocycles. The summed E-state index contributed by atoms with van der Waals surface area (Å²) in [5.41, 5.74) is 1.59. The molecule has 0 bridgehead atoms. The standard InChI is InChI=1S/C20H26N2O4/c1-22(2)17(14-7-6-8-16(11-14)24-3)13-21-20(23)15-9-10-18(25-4)19(12-15)26-5/h6-12,17H,13H2,1-5H3,(H,21,23). The van der Waals surface area contributed by atoms with Gasteiger partial charge in [0, 0.05) is 12.1 Å². The summed E-state index contributed by atoms with van der Waals surface area (Å²) in [5, 5.41) is 2.99. The van der Waals surface area contributed by atoms with E-state index in [9.17, 15) is 4.79 Å². The number of hydrogen-bond donors (Lipinski definition) is 1. The molecule has 1 N–H and O–H groups in total. The van der Waals surface area contributed by atoms with Crippen LogP contribution in [0.3, 0.4) is 0 Å². The van der Waals surface area contributed by atoms with Gasteiger partial charge >= 0.3 is 0 Å². The quantitative estimate of drug-likeness (QED) is 0.786. The van der Waals surface area contributed by atoms with Crippen molar-refractivity contribution in [2.45, 2.75) is 6.04 Å². The molecule has 0 radical (unpaired) electrons. The fourth-order valence-corrected chi connectivity index (χ4v) is 2.72. The molecule has 1 amide bonds. The van der Waals surface area contributed by atoms with Gasteiger partial charge in [0.15, 0.2) is 11.5 Å². The first kappa shape index (κ1) is 19.6. The molecule has 1 unspecified atom stereocenters. The number of benzene rings is 2. The fraction of sp³-hybridized carbons (Fsp3) is 0.350. The molecule has 0 fully saturated rings. The lowest BCUT2D eigenvalue weighted by molar-refractivity contribution is 0.0941. The van der Waals surface area contributed by atoms with Crippen molar-refractivity contribution in [2.75, 3.05) is 42.0 Å². The van der Waals surface area contributed by atoms with Crippen molar-refractivity contribution < 1.29 is 19.0 Å². The molecule has 0 aliphatic heterocycles. The third-order valence-corrected chi connectivity index (χ3v) is 4.20. The van der Waals surface area contributed by atoms with Gasteiger partial charge < -0.3 is 24.4 Å². The summed E-state index contributed by atoms with van der Waals surface area (Å²) in [6, 6.07) is 13.0. The number of amides is 1. The normalized spacial score (nSPS) is 11.8. The van der Waals surface area contributed by atoms with Crippen LogP contribution in [0, 0.1) is 0 Å². The predicted octanol–water partition coefficient (Wildman–Crippen LogP) is 2.75. The van der Waals surface area contributed by atoms with E-state index >= 15 is 0 Å². The largest absolute Gasteiger partial charge is 0.497 e. The number of methoxy groups -OCH3 is 3. The molecule has 0 spiro atoms. The van der Waals surface area contributed by atoms with Crippen molar-refractivity contribution >= 4 is 5.91 Å². The van der Waals surface area contributed by atoms with E-state index in [2.05, 4.69) is 10.2 Å². The second kappa shape index (κ2) is 9.10. The van der Waals surface area contributed by atoms with Crippen LogP contribution in [-0.4, -0.2) is 52.8 Å². The Kier molecular flexibility index (Phi) is 6.86. The number of ether oxygens (including phenoxy) is 3. The first-order chi connectivity index (χ1) is 12.5. The summed E-state index contributed by atoms with van der Waals surface area (Å²) in [7, 11) is 8.71. The lowest BCUT2D eigenvalue weighted by Gasteiger charge is -2.25. The third kappa shape index (κ3) is 4.67. The van der Waals surface area contributed by atoms with Gasteiger partial charge in [-0.05, 0) is 50.0 Å². The zero-order valence-electron chi connectivity index (χ0n) is 15.9. The van der Waals surface area contributed by atoms with Gasteiger partial charge in [0.05, 0.1) is 27.4 Å². The highest BCUT2D eigenvalue weighted by molar-refractivity contribution is 5.94. The topological polar surface area (TPSA) is 60.0 Å². The molecule has 6 heteroatoms. The highest BCUT2D eigenvalue weighted by atomic mass is 16.5. The molecule has 140 valence electrons. The molecule has 0 aliphatic rings. The number of nitrogens with zero attached hydrogens (tertiary/aromatic N) is 1. The van der Waals surface area contributed by atoms with Crippen LogP contribution in [0.2, 0.25) is 0 Å². The van der Waals surface area contributed by atoms with Crippen LogP contribution in [-0.2, 0) is 0 Å². The highest BCUT2D eigenvalue weighted by Crippen LogP contribution is 2.27. The maximum absolute atomic E-state index is 12.5. The Morgan fingerprint density at radius 2 is 1.73 bits per heavy atom. The second-order valence-corrected chi connectivity index (χ2v) is 6.04. The van der Waals surface area contributed by atoms with Crippen LogP contribution in [0.15, 0.2) is 42.5 Å². The van der Waals surface area contributed by atoms with Crippen molar-refractivity contribution in [2.24, 2.45) is 0 Å². The number of carbonyl (C=O) groups excluding carboxylic acids is 1. The van der Waals surface area contributed by atoms with Gasteiger partial charge in [-0.25, -0.2) is 0 Å². The zero-order valence-corrected chi connectivity index (χ0v) is 15.9. The van der Waals surface area contributed by atoms with E-state index in [-0.39, 0.29) is 11.9 Å². The van der Waals surface area contributed by atoms with Crippen LogP contribution in [0.25, 0.3) is 0 Å². The molecule has 0 aliphatic carbocycles. The summed E-state index contributed by atoms with van der Waals surface area (Å²) in [5.74, 6) is 1.74. The van der Waals surface area contributed by atoms with E-state index in [1.54, 1.807) is 39.5 Å². The molecular weight excluding hydrogens is 332 g/mol. The van der Waals surface area contributed by atoms with Crippen molar-refractivity contribution in [3.63, 3.8) is 0 Å². The predicted molar refractivity (Wildman–Crippen MR) is 101 cm³/mol. The Labute approximate surface area is 154 Å². The zero-order chi connectivity index (χ0) is 19.1. The van der Waals surface area contributed by atoms with Crippen molar-refractivity contribution in [1.29, 1.82) is 0 Å². The van der Waals surface area contributed by atoms with Gasteiger partial charge in [-0.3, -0.25) is 4.79 Å². The molecule has 0 heterocycles. The summed E-state index contributed by atoms with van der Waals surface area (Å²) < 4.78 is 15.8. The summed E-state index contributed by atoms with van der Waals surface area (Å²) in [4.78, 5) is 14.6. The number of carbonyl (C=O) groups is 1. The third-order valence-electron chi connectivity index (χ3n) is 4.20. The van der Waals surface area contributed by atoms with Crippen LogP contribution in [0.5, 0.6) is 17.2 Å². The Morgan fingerprint density at radius 3 is 2.35 bits per heavy atom. The molecular formula is C20H26N2O4. The lowest BCUT2D eigenvalue weighted by atomic mass is 10.1. The molecule has 0 aromatic heterocycles. The van der Waals surface area contributed by atoms with Gasteiger partial charge in [0.2, 0.25) is 0 Å². The first-order valence-electron chi connectivity index (χ1n) is 8.30. The summed E-state index contributed by atoms with van der Waals surface area (Å²) in [6.45, 7) is 0.466. The van der Waals surface area contributed by atoms with Crippen LogP contribution in [0.4, 0.5) is 0 Å². The number of rotatable bonds is 8.